The number of hydrogen-bond acceptors (Lipinski definition) is 3. The Hall–Kier alpha value is -2.73. The standard InChI is InChI=1S/C20H22NO6P/c22-19(18(14-28(25,26)27)12-16-9-5-2-6-10-16)21-13-17(20(23)24)11-15-7-3-1-4-8-15/h1-11,18H,12-14H2,(H,21,22)(H,23,24)(H2,25,26,27). The van der Waals surface area contributed by atoms with Gasteiger partial charge in [-0.25, -0.2) is 4.79 Å². The van der Waals surface area contributed by atoms with Gasteiger partial charge in [-0.1, -0.05) is 60.7 Å². The van der Waals surface area contributed by atoms with Crippen LogP contribution in [-0.4, -0.2) is 39.5 Å². The maximum atomic E-state index is 12.5. The van der Waals surface area contributed by atoms with Crippen LogP contribution >= 0.6 is 7.60 Å². The fourth-order valence-corrected chi connectivity index (χ4v) is 3.56. The highest BCUT2D eigenvalue weighted by Gasteiger charge is 2.28. The minimum atomic E-state index is -4.43. The van der Waals surface area contributed by atoms with Gasteiger partial charge in [-0.3, -0.25) is 9.36 Å². The van der Waals surface area contributed by atoms with E-state index in [2.05, 4.69) is 5.32 Å². The number of carboxylic acids is 1. The molecule has 2 aromatic carbocycles. The predicted molar refractivity (Wildman–Crippen MR) is 106 cm³/mol. The number of hydrogen-bond donors (Lipinski definition) is 4. The van der Waals surface area contributed by atoms with Gasteiger partial charge in [0.15, 0.2) is 0 Å². The second-order valence-electron chi connectivity index (χ2n) is 6.34. The molecule has 0 aliphatic rings. The van der Waals surface area contributed by atoms with Crippen LogP contribution in [-0.2, 0) is 20.6 Å². The molecule has 7 nitrogen and oxygen atoms in total. The van der Waals surface area contributed by atoms with Gasteiger partial charge < -0.3 is 20.2 Å². The van der Waals surface area contributed by atoms with Crippen LogP contribution in [0.3, 0.4) is 0 Å². The lowest BCUT2D eigenvalue weighted by Crippen LogP contribution is -2.36. The second-order valence-corrected chi connectivity index (χ2v) is 8.03. The van der Waals surface area contributed by atoms with Crippen LogP contribution in [0.5, 0.6) is 0 Å². The molecule has 148 valence electrons. The highest BCUT2D eigenvalue weighted by atomic mass is 31.2. The lowest BCUT2D eigenvalue weighted by Gasteiger charge is -2.18. The van der Waals surface area contributed by atoms with Crippen LogP contribution in [0.1, 0.15) is 11.1 Å². The summed E-state index contributed by atoms with van der Waals surface area (Å²) in [6.45, 7) is -0.254. The molecule has 0 saturated heterocycles. The van der Waals surface area contributed by atoms with Crippen molar-refractivity contribution in [3.05, 3.63) is 77.4 Å². The summed E-state index contributed by atoms with van der Waals surface area (Å²) in [4.78, 5) is 42.6. The van der Waals surface area contributed by atoms with E-state index in [4.69, 9.17) is 0 Å². The Kier molecular flexibility index (Phi) is 7.70. The van der Waals surface area contributed by atoms with Gasteiger partial charge in [0, 0.05) is 6.54 Å². The first-order valence-corrected chi connectivity index (χ1v) is 10.4. The van der Waals surface area contributed by atoms with Crippen molar-refractivity contribution in [2.24, 2.45) is 5.92 Å². The van der Waals surface area contributed by atoms with Crippen molar-refractivity contribution < 1.29 is 29.0 Å². The van der Waals surface area contributed by atoms with Crippen LogP contribution in [0, 0.1) is 5.92 Å². The monoisotopic (exact) mass is 403 g/mol. The van der Waals surface area contributed by atoms with Crippen LogP contribution in [0.2, 0.25) is 0 Å². The average molecular weight is 403 g/mol. The molecule has 0 heterocycles. The van der Waals surface area contributed by atoms with Crippen LogP contribution in [0.4, 0.5) is 0 Å². The molecule has 0 spiro atoms. The molecule has 8 heteroatoms. The lowest BCUT2D eigenvalue weighted by molar-refractivity contribution is -0.132. The highest BCUT2D eigenvalue weighted by Crippen LogP contribution is 2.37. The van der Waals surface area contributed by atoms with E-state index in [9.17, 15) is 29.0 Å². The van der Waals surface area contributed by atoms with Crippen molar-refractivity contribution in [1.82, 2.24) is 5.32 Å². The largest absolute Gasteiger partial charge is 0.478 e. The molecule has 1 atom stereocenters. The quantitative estimate of drug-likeness (QED) is 0.376. The van der Waals surface area contributed by atoms with Crippen LogP contribution in [0.15, 0.2) is 66.2 Å². The summed E-state index contributed by atoms with van der Waals surface area (Å²) in [5.41, 5.74) is 1.40. The summed E-state index contributed by atoms with van der Waals surface area (Å²) in [6, 6.07) is 17.7. The first-order chi connectivity index (χ1) is 13.2. The van der Waals surface area contributed by atoms with Crippen molar-refractivity contribution in [1.29, 1.82) is 0 Å². The van der Waals surface area contributed by atoms with E-state index >= 15 is 0 Å². The van der Waals surface area contributed by atoms with Gasteiger partial charge >= 0.3 is 13.6 Å². The number of nitrogens with one attached hydrogen (secondary N) is 1. The number of rotatable bonds is 9. The molecule has 2 rings (SSSR count). The Balaban J connectivity index is 2.11. The molecular formula is C20H22NO6P. The third kappa shape index (κ3) is 7.48. The fourth-order valence-electron chi connectivity index (χ4n) is 2.69. The molecule has 0 aliphatic carbocycles. The van der Waals surface area contributed by atoms with Gasteiger partial charge in [0.2, 0.25) is 5.91 Å². The molecule has 2 aromatic rings. The maximum Gasteiger partial charge on any atom is 0.333 e. The van der Waals surface area contributed by atoms with Crippen molar-refractivity contribution in [3.8, 4) is 0 Å². The minimum absolute atomic E-state index is 0.0332. The Morgan fingerprint density at radius 1 is 1.00 bits per heavy atom. The van der Waals surface area contributed by atoms with Gasteiger partial charge in [0.05, 0.1) is 17.7 Å². The first-order valence-electron chi connectivity index (χ1n) is 8.60. The predicted octanol–water partition coefficient (Wildman–Crippen LogP) is 2.31. The summed E-state index contributed by atoms with van der Waals surface area (Å²) in [5, 5.41) is 11.9. The molecular weight excluding hydrogens is 381 g/mol. The number of benzene rings is 2. The van der Waals surface area contributed by atoms with E-state index in [0.29, 0.717) is 5.56 Å². The highest BCUT2D eigenvalue weighted by molar-refractivity contribution is 7.51. The summed E-state index contributed by atoms with van der Waals surface area (Å²) >= 11 is 0. The molecule has 1 unspecified atom stereocenters. The number of carbonyl (C=O) groups is 2. The summed E-state index contributed by atoms with van der Waals surface area (Å²) in [6.07, 6.45) is 0.971. The van der Waals surface area contributed by atoms with Gasteiger partial charge in [-0.05, 0) is 23.6 Å². The van der Waals surface area contributed by atoms with Crippen LogP contribution in [0.25, 0.3) is 6.08 Å². The number of carboxylic acid groups (broad SMARTS) is 1. The van der Waals surface area contributed by atoms with E-state index < -0.39 is 31.6 Å². The Morgan fingerprint density at radius 2 is 1.57 bits per heavy atom. The molecule has 0 aromatic heterocycles. The van der Waals surface area contributed by atoms with Crippen LogP contribution < -0.4 is 5.32 Å². The third-order valence-corrected chi connectivity index (χ3v) is 4.94. The van der Waals surface area contributed by atoms with Gasteiger partial charge in [0.25, 0.3) is 0 Å². The Labute approximate surface area is 162 Å². The van der Waals surface area contributed by atoms with E-state index in [1.165, 1.54) is 6.08 Å². The molecule has 0 bridgehead atoms. The van der Waals surface area contributed by atoms with Crippen molar-refractivity contribution >= 4 is 25.5 Å². The fraction of sp³-hybridized carbons (Fsp3) is 0.200. The number of amides is 1. The first kappa shape index (κ1) is 21.6. The normalized spacial score (nSPS) is 13.0. The van der Waals surface area contributed by atoms with Crippen molar-refractivity contribution in [2.75, 3.05) is 12.7 Å². The summed E-state index contributed by atoms with van der Waals surface area (Å²) < 4.78 is 11.4. The number of aliphatic carboxylic acids is 1. The molecule has 0 aliphatic heterocycles. The zero-order valence-corrected chi connectivity index (χ0v) is 16.0. The molecule has 0 radical (unpaired) electrons. The van der Waals surface area contributed by atoms with E-state index in [1.54, 1.807) is 60.7 Å². The molecule has 4 N–H and O–H groups in total. The van der Waals surface area contributed by atoms with E-state index in [-0.39, 0.29) is 18.5 Å². The van der Waals surface area contributed by atoms with Gasteiger partial charge in [-0.15, -0.1) is 0 Å². The number of carbonyl (C=O) groups excluding carboxylic acids is 1. The van der Waals surface area contributed by atoms with E-state index in [1.807, 2.05) is 0 Å². The topological polar surface area (TPSA) is 124 Å². The summed E-state index contributed by atoms with van der Waals surface area (Å²) in [7, 11) is -4.43. The smallest absolute Gasteiger partial charge is 0.333 e. The lowest BCUT2D eigenvalue weighted by atomic mass is 10.00. The molecule has 1 amide bonds. The Bertz CT molecular complexity index is 876. The van der Waals surface area contributed by atoms with Gasteiger partial charge in [0.1, 0.15) is 0 Å². The van der Waals surface area contributed by atoms with Gasteiger partial charge in [-0.2, -0.15) is 0 Å². The minimum Gasteiger partial charge on any atom is -0.478 e. The molecule has 0 saturated carbocycles. The van der Waals surface area contributed by atoms with E-state index in [0.717, 1.165) is 5.56 Å². The third-order valence-electron chi connectivity index (χ3n) is 4.02. The zero-order valence-electron chi connectivity index (χ0n) is 15.1. The molecule has 28 heavy (non-hydrogen) atoms. The second kappa shape index (κ2) is 9.99. The average Bonchev–Trinajstić information content (AvgIpc) is 2.64. The Morgan fingerprint density at radius 3 is 2.11 bits per heavy atom. The van der Waals surface area contributed by atoms with Crippen molar-refractivity contribution in [2.45, 2.75) is 6.42 Å². The molecule has 0 fully saturated rings. The van der Waals surface area contributed by atoms with Crippen molar-refractivity contribution in [3.63, 3.8) is 0 Å². The SMILES string of the molecule is O=C(O)C(=Cc1ccccc1)CNC(=O)C(Cc1ccccc1)CP(=O)(O)O. The zero-order chi connectivity index (χ0) is 20.6. The summed E-state index contributed by atoms with van der Waals surface area (Å²) in [5.74, 6) is -2.76. The maximum absolute atomic E-state index is 12.5.